The lowest BCUT2D eigenvalue weighted by molar-refractivity contribution is -0.138. The van der Waals surface area contributed by atoms with Crippen LogP contribution in [0.15, 0.2) is 57.7 Å². The first-order valence-electron chi connectivity index (χ1n) is 8.91. The van der Waals surface area contributed by atoms with Crippen molar-refractivity contribution in [2.45, 2.75) is 13.0 Å². The Labute approximate surface area is 163 Å². The van der Waals surface area contributed by atoms with E-state index in [0.717, 1.165) is 22.1 Å². The average Bonchev–Trinajstić information content (AvgIpc) is 2.66. The van der Waals surface area contributed by atoms with E-state index in [2.05, 4.69) is 0 Å². The van der Waals surface area contributed by atoms with Crippen molar-refractivity contribution in [1.82, 2.24) is 4.90 Å². The van der Waals surface area contributed by atoms with Gasteiger partial charge in [-0.1, -0.05) is 24.3 Å². The monoisotopic (exact) mass is 381 g/mol. The molecule has 0 spiro atoms. The minimum Gasteiger partial charge on any atom is -0.478 e. The van der Waals surface area contributed by atoms with Gasteiger partial charge in [0.15, 0.2) is 6.10 Å². The van der Waals surface area contributed by atoms with E-state index in [1.54, 1.807) is 26.2 Å². The van der Waals surface area contributed by atoms with Gasteiger partial charge in [-0.2, -0.15) is 0 Å². The van der Waals surface area contributed by atoms with E-state index in [0.29, 0.717) is 11.3 Å². The van der Waals surface area contributed by atoms with Crippen molar-refractivity contribution in [3.05, 3.63) is 64.5 Å². The number of likely N-dealkylation sites (N-methyl/N-ethyl adjacent to an activating group) is 1. The van der Waals surface area contributed by atoms with Gasteiger partial charge in [0.1, 0.15) is 11.3 Å². The molecule has 3 rings (SSSR count). The van der Waals surface area contributed by atoms with Gasteiger partial charge in [0.2, 0.25) is 0 Å². The number of hydrogen-bond acceptors (Lipinski definition) is 5. The highest BCUT2D eigenvalue weighted by Gasteiger charge is 2.22. The molecular weight excluding hydrogens is 358 g/mol. The minimum atomic E-state index is -0.788. The number of methoxy groups -OCH3 is 1. The summed E-state index contributed by atoms with van der Waals surface area (Å²) in [4.78, 5) is 25.9. The zero-order valence-corrected chi connectivity index (χ0v) is 16.4. The van der Waals surface area contributed by atoms with Crippen molar-refractivity contribution in [2.75, 3.05) is 27.8 Å². The number of hydrogen-bond donors (Lipinski definition) is 0. The quantitative estimate of drug-likeness (QED) is 0.613. The van der Waals surface area contributed by atoms with Crippen LogP contribution >= 0.6 is 0 Å². The number of fused-ring (bicyclic) bond motifs is 1. The Morgan fingerprint density at radius 3 is 2.54 bits per heavy atom. The molecule has 1 heterocycles. The second-order valence-corrected chi connectivity index (χ2v) is 6.75. The molecule has 2 aromatic carbocycles. The third kappa shape index (κ3) is 4.07. The van der Waals surface area contributed by atoms with Crippen molar-refractivity contribution in [3.8, 4) is 16.9 Å². The highest BCUT2D eigenvalue weighted by Crippen LogP contribution is 2.31. The van der Waals surface area contributed by atoms with Crippen LogP contribution in [0.3, 0.4) is 0 Å². The molecule has 6 nitrogen and oxygen atoms in total. The molecule has 0 aliphatic heterocycles. The molecule has 0 radical (unpaired) electrons. The Hall–Kier alpha value is -3.12. The molecule has 0 saturated carbocycles. The third-order valence-corrected chi connectivity index (χ3v) is 4.46. The van der Waals surface area contributed by atoms with Gasteiger partial charge in [0.25, 0.3) is 5.91 Å². The molecule has 0 unspecified atom stereocenters. The molecule has 146 valence electrons. The highest BCUT2D eigenvalue weighted by atomic mass is 16.5. The summed E-state index contributed by atoms with van der Waals surface area (Å²) >= 11 is 0. The van der Waals surface area contributed by atoms with E-state index < -0.39 is 11.7 Å². The number of carbonyl (C=O) groups excluding carboxylic acids is 1. The summed E-state index contributed by atoms with van der Waals surface area (Å²) < 4.78 is 16.3. The molecule has 28 heavy (non-hydrogen) atoms. The van der Waals surface area contributed by atoms with Crippen molar-refractivity contribution >= 4 is 16.9 Å². The van der Waals surface area contributed by atoms with Crippen molar-refractivity contribution in [2.24, 2.45) is 0 Å². The lowest BCUT2D eigenvalue weighted by atomic mass is 9.98. The third-order valence-electron chi connectivity index (χ3n) is 4.46. The predicted octanol–water partition coefficient (Wildman–Crippen LogP) is 3.25. The Kier molecular flexibility index (Phi) is 5.80. The van der Waals surface area contributed by atoms with Crippen LogP contribution in [-0.2, 0) is 9.53 Å². The summed E-state index contributed by atoms with van der Waals surface area (Å²) in [7, 11) is 4.82. The summed E-state index contributed by atoms with van der Waals surface area (Å²) in [6.45, 7) is 2.11. The summed E-state index contributed by atoms with van der Waals surface area (Å²) in [6.07, 6.45) is -0.788. The molecular formula is C22H23NO5. The van der Waals surface area contributed by atoms with Crippen LogP contribution in [0.2, 0.25) is 0 Å². The first kappa shape index (κ1) is 19.6. The summed E-state index contributed by atoms with van der Waals surface area (Å²) in [5.41, 5.74) is 2.78. The molecule has 3 aromatic rings. The van der Waals surface area contributed by atoms with Gasteiger partial charge in [-0.3, -0.25) is 4.79 Å². The van der Waals surface area contributed by atoms with Gasteiger partial charge < -0.3 is 18.8 Å². The number of benzene rings is 2. The van der Waals surface area contributed by atoms with E-state index >= 15 is 0 Å². The molecule has 6 heteroatoms. The zero-order valence-electron chi connectivity index (χ0n) is 16.4. The average molecular weight is 381 g/mol. The topological polar surface area (TPSA) is 69.0 Å². The first-order valence-corrected chi connectivity index (χ1v) is 8.91. The van der Waals surface area contributed by atoms with Crippen molar-refractivity contribution in [3.63, 3.8) is 0 Å². The lowest BCUT2D eigenvalue weighted by Gasteiger charge is -2.21. The van der Waals surface area contributed by atoms with E-state index in [4.69, 9.17) is 13.9 Å². The summed E-state index contributed by atoms with van der Waals surface area (Å²) in [6, 6.07) is 14.6. The summed E-state index contributed by atoms with van der Waals surface area (Å²) in [5.74, 6) is 0.215. The number of ether oxygens (including phenoxy) is 2. The summed E-state index contributed by atoms with van der Waals surface area (Å²) in [5, 5.41) is 0.795. The van der Waals surface area contributed by atoms with Gasteiger partial charge in [-0.15, -0.1) is 0 Å². The fourth-order valence-electron chi connectivity index (χ4n) is 3.07. The fourth-order valence-corrected chi connectivity index (χ4v) is 3.07. The maximum atomic E-state index is 12.3. The van der Waals surface area contributed by atoms with E-state index in [1.165, 1.54) is 18.1 Å². The molecule has 0 bridgehead atoms. The first-order chi connectivity index (χ1) is 13.4. The molecule has 0 N–H and O–H groups in total. The normalized spacial score (nSPS) is 12.0. The predicted molar refractivity (Wildman–Crippen MR) is 108 cm³/mol. The molecule has 0 saturated heterocycles. The number of carbonyl (C=O) groups is 1. The molecule has 1 amide bonds. The van der Waals surface area contributed by atoms with Crippen molar-refractivity contribution < 1.29 is 18.7 Å². The smallest absolute Gasteiger partial charge is 0.336 e. The van der Waals surface area contributed by atoms with Gasteiger partial charge in [-0.25, -0.2) is 4.79 Å². The number of nitrogens with zero attached hydrogens (tertiary/aromatic N) is 1. The Morgan fingerprint density at radius 1 is 1.11 bits per heavy atom. The maximum absolute atomic E-state index is 12.3. The van der Waals surface area contributed by atoms with Gasteiger partial charge >= 0.3 is 5.63 Å². The number of rotatable bonds is 6. The van der Waals surface area contributed by atoms with Gasteiger partial charge in [0, 0.05) is 44.3 Å². The Balaban J connectivity index is 2.04. The van der Waals surface area contributed by atoms with Gasteiger partial charge in [-0.05, 0) is 30.2 Å². The van der Waals surface area contributed by atoms with Crippen LogP contribution in [0.5, 0.6) is 5.75 Å². The molecule has 0 aliphatic rings. The van der Waals surface area contributed by atoms with Crippen LogP contribution in [0.4, 0.5) is 0 Å². The molecule has 0 aliphatic carbocycles. The second-order valence-electron chi connectivity index (χ2n) is 6.75. The molecule has 1 aromatic heterocycles. The van der Waals surface area contributed by atoms with Crippen LogP contribution in [0, 0.1) is 6.92 Å². The molecule has 1 atom stereocenters. The van der Waals surface area contributed by atoms with E-state index in [1.807, 2.05) is 37.3 Å². The second kappa shape index (κ2) is 8.27. The van der Waals surface area contributed by atoms with Gasteiger partial charge in [0.05, 0.1) is 6.61 Å². The van der Waals surface area contributed by atoms with Crippen LogP contribution in [-0.4, -0.2) is 44.7 Å². The van der Waals surface area contributed by atoms with E-state index in [9.17, 15) is 9.59 Å². The van der Waals surface area contributed by atoms with Crippen molar-refractivity contribution in [1.29, 1.82) is 0 Å². The fraction of sp³-hybridized carbons (Fsp3) is 0.273. The standard InChI is InChI=1S/C22H23NO5/c1-14-7-5-6-8-16(14)18-12-21(24)28-19-11-15(9-10-17(18)19)27-20(13-26-4)22(25)23(2)3/h5-12,20H,13H2,1-4H3/t20-/m0/s1. The largest absolute Gasteiger partial charge is 0.478 e. The van der Waals surface area contributed by atoms with Crippen LogP contribution < -0.4 is 10.4 Å². The van der Waals surface area contributed by atoms with E-state index in [-0.39, 0.29) is 12.5 Å². The van der Waals surface area contributed by atoms with Crippen LogP contribution in [0.1, 0.15) is 5.56 Å². The van der Waals surface area contributed by atoms with Crippen LogP contribution in [0.25, 0.3) is 22.1 Å². The zero-order chi connectivity index (χ0) is 20.3. The lowest BCUT2D eigenvalue weighted by Crippen LogP contribution is -2.40. The Bertz CT molecular complexity index is 1050. The number of amides is 1. The Morgan fingerprint density at radius 2 is 1.86 bits per heavy atom. The molecule has 0 fully saturated rings. The maximum Gasteiger partial charge on any atom is 0.336 e. The minimum absolute atomic E-state index is 0.113. The number of aryl methyl sites for hydroxylation is 1. The SMILES string of the molecule is COC[C@H](Oc1ccc2c(-c3ccccc3C)cc(=O)oc2c1)C(=O)N(C)C. The highest BCUT2D eigenvalue weighted by molar-refractivity contribution is 5.94.